The topological polar surface area (TPSA) is 43.1 Å². The number of fused-ring (bicyclic) bond motifs is 1. The molecule has 4 aliphatic carbocycles. The molecule has 2 bridgehead atoms. The molecule has 0 saturated heterocycles. The molecule has 5 rings (SSSR count). The highest BCUT2D eigenvalue weighted by Crippen LogP contribution is 2.90. The SMILES string of the molecule is C=C1C2CC3(C(N)=O)CC4(c5ccccc5)CC1C24C3. The Balaban J connectivity index is 1.71. The first-order valence-electron chi connectivity index (χ1n) is 7.60. The lowest BCUT2D eigenvalue weighted by Crippen LogP contribution is -2.70. The van der Waals surface area contributed by atoms with Gasteiger partial charge in [-0.25, -0.2) is 0 Å². The zero-order valence-electron chi connectivity index (χ0n) is 11.6. The maximum atomic E-state index is 12.1. The van der Waals surface area contributed by atoms with Crippen LogP contribution in [-0.2, 0) is 10.2 Å². The monoisotopic (exact) mass is 265 g/mol. The molecule has 5 unspecified atom stereocenters. The van der Waals surface area contributed by atoms with Gasteiger partial charge in [0.15, 0.2) is 0 Å². The smallest absolute Gasteiger partial charge is 0.223 e. The van der Waals surface area contributed by atoms with Gasteiger partial charge in [-0.05, 0) is 48.5 Å². The number of allylic oxidation sites excluding steroid dienone is 1. The van der Waals surface area contributed by atoms with Gasteiger partial charge >= 0.3 is 0 Å². The first-order valence-corrected chi connectivity index (χ1v) is 7.60. The lowest BCUT2D eigenvalue weighted by molar-refractivity contribution is -0.150. The molecular weight excluding hydrogens is 246 g/mol. The minimum Gasteiger partial charge on any atom is -0.369 e. The summed E-state index contributed by atoms with van der Waals surface area (Å²) in [4.78, 5) is 12.1. The van der Waals surface area contributed by atoms with E-state index in [9.17, 15) is 4.79 Å². The molecule has 102 valence electrons. The first kappa shape index (κ1) is 11.1. The van der Waals surface area contributed by atoms with E-state index >= 15 is 0 Å². The third kappa shape index (κ3) is 0.811. The predicted octanol–water partition coefficient (Wildman–Crippen LogP) is 2.79. The van der Waals surface area contributed by atoms with Crippen molar-refractivity contribution >= 4 is 5.91 Å². The third-order valence-corrected chi connectivity index (χ3v) is 7.30. The molecule has 0 radical (unpaired) electrons. The normalized spacial score (nSPS) is 50.3. The Hall–Kier alpha value is -1.57. The minimum atomic E-state index is -0.255. The highest BCUT2D eigenvalue weighted by Gasteiger charge is 2.86. The quantitative estimate of drug-likeness (QED) is 0.821. The number of hydrogen-bond donors (Lipinski definition) is 1. The Kier molecular flexibility index (Phi) is 1.60. The van der Waals surface area contributed by atoms with Gasteiger partial charge in [0.25, 0.3) is 0 Å². The van der Waals surface area contributed by atoms with Gasteiger partial charge in [-0.15, -0.1) is 0 Å². The number of benzene rings is 1. The Morgan fingerprint density at radius 1 is 1.15 bits per heavy atom. The third-order valence-electron chi connectivity index (χ3n) is 7.30. The van der Waals surface area contributed by atoms with Gasteiger partial charge in [0.2, 0.25) is 5.91 Å². The van der Waals surface area contributed by atoms with Crippen LogP contribution in [0, 0.1) is 22.7 Å². The molecule has 4 fully saturated rings. The van der Waals surface area contributed by atoms with Crippen molar-refractivity contribution in [1.29, 1.82) is 0 Å². The molecule has 2 nitrogen and oxygen atoms in total. The van der Waals surface area contributed by atoms with E-state index in [1.807, 2.05) is 0 Å². The van der Waals surface area contributed by atoms with Crippen LogP contribution in [0.5, 0.6) is 0 Å². The molecule has 2 N–H and O–H groups in total. The zero-order chi connectivity index (χ0) is 13.8. The second-order valence-corrected chi connectivity index (χ2v) is 7.57. The molecule has 2 heteroatoms. The summed E-state index contributed by atoms with van der Waals surface area (Å²) in [5.74, 6) is 1.12. The summed E-state index contributed by atoms with van der Waals surface area (Å²) in [6.45, 7) is 4.30. The van der Waals surface area contributed by atoms with Gasteiger partial charge < -0.3 is 5.73 Å². The van der Waals surface area contributed by atoms with Crippen LogP contribution in [0.3, 0.4) is 0 Å². The van der Waals surface area contributed by atoms with Crippen molar-refractivity contribution in [2.24, 2.45) is 28.4 Å². The molecule has 4 saturated carbocycles. The van der Waals surface area contributed by atoms with Crippen LogP contribution in [0.15, 0.2) is 42.5 Å². The number of carbonyl (C=O) groups is 1. The highest BCUT2D eigenvalue weighted by atomic mass is 16.1. The van der Waals surface area contributed by atoms with Gasteiger partial charge in [-0.1, -0.05) is 42.5 Å². The van der Waals surface area contributed by atoms with E-state index in [1.165, 1.54) is 17.6 Å². The molecule has 4 aliphatic rings. The van der Waals surface area contributed by atoms with E-state index in [0.717, 1.165) is 19.3 Å². The summed E-state index contributed by atoms with van der Waals surface area (Å²) in [7, 11) is 0. The average Bonchev–Trinajstić information content (AvgIpc) is 2.91. The Morgan fingerprint density at radius 3 is 2.55 bits per heavy atom. The van der Waals surface area contributed by atoms with Crippen LogP contribution in [0.1, 0.15) is 31.2 Å². The van der Waals surface area contributed by atoms with Crippen molar-refractivity contribution in [2.75, 3.05) is 0 Å². The summed E-state index contributed by atoms with van der Waals surface area (Å²) >= 11 is 0. The number of amides is 1. The minimum absolute atomic E-state index is 0.0717. The average molecular weight is 265 g/mol. The van der Waals surface area contributed by atoms with Crippen molar-refractivity contribution in [3.05, 3.63) is 48.0 Å². The fourth-order valence-electron chi connectivity index (χ4n) is 6.66. The number of rotatable bonds is 2. The second-order valence-electron chi connectivity index (χ2n) is 7.57. The van der Waals surface area contributed by atoms with Crippen molar-refractivity contribution in [3.8, 4) is 0 Å². The van der Waals surface area contributed by atoms with Crippen LogP contribution in [0.4, 0.5) is 0 Å². The van der Waals surface area contributed by atoms with E-state index in [0.29, 0.717) is 17.3 Å². The molecule has 1 aromatic carbocycles. The number of primary amides is 1. The van der Waals surface area contributed by atoms with Crippen LogP contribution in [0.2, 0.25) is 0 Å². The molecule has 0 heterocycles. The fourth-order valence-corrected chi connectivity index (χ4v) is 6.66. The van der Waals surface area contributed by atoms with Crippen molar-refractivity contribution < 1.29 is 4.79 Å². The number of carbonyl (C=O) groups excluding carboxylic acids is 1. The van der Waals surface area contributed by atoms with Gasteiger partial charge in [0.05, 0.1) is 5.41 Å². The van der Waals surface area contributed by atoms with Crippen molar-refractivity contribution in [1.82, 2.24) is 0 Å². The molecule has 1 amide bonds. The molecule has 1 aromatic rings. The van der Waals surface area contributed by atoms with Crippen LogP contribution in [-0.4, -0.2) is 5.91 Å². The van der Waals surface area contributed by atoms with Gasteiger partial charge in [0.1, 0.15) is 0 Å². The van der Waals surface area contributed by atoms with E-state index in [2.05, 4.69) is 36.9 Å². The van der Waals surface area contributed by atoms with Crippen LogP contribution in [0.25, 0.3) is 0 Å². The van der Waals surface area contributed by atoms with Crippen molar-refractivity contribution in [3.63, 3.8) is 0 Å². The second kappa shape index (κ2) is 2.88. The lowest BCUT2D eigenvalue weighted by Gasteiger charge is -2.74. The Labute approximate surface area is 119 Å². The molecule has 5 atom stereocenters. The molecule has 1 spiro atoms. The van der Waals surface area contributed by atoms with E-state index in [1.54, 1.807) is 0 Å². The summed E-state index contributed by atoms with van der Waals surface area (Å²) in [6, 6.07) is 10.8. The van der Waals surface area contributed by atoms with Crippen molar-refractivity contribution in [2.45, 2.75) is 31.1 Å². The van der Waals surface area contributed by atoms with E-state index < -0.39 is 0 Å². The van der Waals surface area contributed by atoms with E-state index in [-0.39, 0.29) is 16.7 Å². The van der Waals surface area contributed by atoms with Gasteiger partial charge in [-0.3, -0.25) is 4.79 Å². The van der Waals surface area contributed by atoms with E-state index in [4.69, 9.17) is 5.73 Å². The number of hydrogen-bond acceptors (Lipinski definition) is 1. The number of nitrogens with two attached hydrogens (primary N) is 1. The zero-order valence-corrected chi connectivity index (χ0v) is 11.6. The summed E-state index contributed by atoms with van der Waals surface area (Å²) in [5.41, 5.74) is 8.91. The summed E-state index contributed by atoms with van der Waals surface area (Å²) < 4.78 is 0. The Bertz CT molecular complexity index is 665. The molecule has 0 aliphatic heterocycles. The van der Waals surface area contributed by atoms with Gasteiger partial charge in [-0.2, -0.15) is 0 Å². The molecule has 20 heavy (non-hydrogen) atoms. The standard InChI is InChI=1S/C18H19NO/c1-11-13-7-16(15(19)20)9-17(12-5-3-2-4-6-12)8-14(11)18(13,17)10-16/h2-6,13-14H,1,7-10H2,(H2,19,20). The Morgan fingerprint density at radius 2 is 1.85 bits per heavy atom. The van der Waals surface area contributed by atoms with Gasteiger partial charge in [0, 0.05) is 5.41 Å². The maximum absolute atomic E-state index is 12.1. The fraction of sp³-hybridized carbons (Fsp3) is 0.500. The predicted molar refractivity (Wildman–Crippen MR) is 76.8 cm³/mol. The summed E-state index contributed by atoms with van der Waals surface area (Å²) in [5, 5.41) is 0. The maximum Gasteiger partial charge on any atom is 0.223 e. The van der Waals surface area contributed by atoms with Crippen LogP contribution < -0.4 is 5.73 Å². The largest absolute Gasteiger partial charge is 0.369 e. The van der Waals surface area contributed by atoms with Crippen LogP contribution >= 0.6 is 0 Å². The molecular formula is C18H19NO. The lowest BCUT2D eigenvalue weighted by atomic mass is 9.29. The molecule has 0 aromatic heterocycles. The highest BCUT2D eigenvalue weighted by molar-refractivity contribution is 5.84. The first-order chi connectivity index (χ1) is 9.56. The summed E-state index contributed by atoms with van der Waals surface area (Å²) in [6.07, 6.45) is 4.13.